The summed E-state index contributed by atoms with van der Waals surface area (Å²) < 4.78 is 3.75. The molecule has 0 bridgehead atoms. The molecule has 0 spiro atoms. The standard InChI is InChI=1S/C15H16N4OS.C10H11BrN4O.C5H7BO2S/c1-4-19-13-10(9(3)17-15(16)18-13)5-11(14(19)20)12-7-21-6-8(12)2;1-3-15-8-6(4-7(11)9(15)16)5(2)13-10(12)14-8;1-4-2-9-3-5(4)6(7)8/h5-7H,4H2,1-3H3,(H2,16,17,18);4H,3H2,1-2H3,(H2,12,13,14);2-3,7-8H,1H3. The molecule has 0 aromatic carbocycles. The van der Waals surface area contributed by atoms with E-state index in [1.54, 1.807) is 31.9 Å². The van der Waals surface area contributed by atoms with E-state index in [2.05, 4.69) is 35.9 Å². The second kappa shape index (κ2) is 14.6. The number of pyridine rings is 2. The summed E-state index contributed by atoms with van der Waals surface area (Å²) in [5, 5.41) is 26.7. The largest absolute Gasteiger partial charge is 0.489 e. The monoisotopic (exact) mass is 724 g/mol. The van der Waals surface area contributed by atoms with Gasteiger partial charge >= 0.3 is 7.12 Å². The van der Waals surface area contributed by atoms with E-state index in [0.29, 0.717) is 39.9 Å². The summed E-state index contributed by atoms with van der Waals surface area (Å²) >= 11 is 6.31. The molecule has 6 aromatic heterocycles. The van der Waals surface area contributed by atoms with Crippen molar-refractivity contribution in [2.75, 3.05) is 11.5 Å². The number of thiophene rings is 2. The predicted octanol–water partition coefficient (Wildman–Crippen LogP) is 3.94. The summed E-state index contributed by atoms with van der Waals surface area (Å²) in [5.41, 5.74) is 18.2. The van der Waals surface area contributed by atoms with E-state index < -0.39 is 7.12 Å². The van der Waals surface area contributed by atoms with Crippen molar-refractivity contribution in [1.82, 2.24) is 29.1 Å². The number of aryl methyl sites for hydroxylation is 6. The van der Waals surface area contributed by atoms with Crippen LogP contribution >= 0.6 is 38.6 Å². The van der Waals surface area contributed by atoms with Crippen molar-refractivity contribution in [3.63, 3.8) is 0 Å². The molecule has 0 amide bonds. The van der Waals surface area contributed by atoms with E-state index in [1.165, 1.54) is 11.3 Å². The van der Waals surface area contributed by atoms with E-state index in [9.17, 15) is 9.59 Å². The van der Waals surface area contributed by atoms with Gasteiger partial charge in [-0.3, -0.25) is 18.7 Å². The van der Waals surface area contributed by atoms with Crippen LogP contribution in [-0.4, -0.2) is 46.2 Å². The molecular formula is C30H34BBrN8O4S2. The van der Waals surface area contributed by atoms with Crippen LogP contribution in [0.15, 0.2) is 47.7 Å². The number of aromatic nitrogens is 6. The summed E-state index contributed by atoms with van der Waals surface area (Å²) in [4.78, 5) is 41.3. The molecule has 0 saturated heterocycles. The van der Waals surface area contributed by atoms with E-state index in [4.69, 9.17) is 21.5 Å². The van der Waals surface area contributed by atoms with Gasteiger partial charge in [-0.1, -0.05) is 0 Å². The molecule has 0 radical (unpaired) electrons. The molecule has 0 aliphatic rings. The van der Waals surface area contributed by atoms with E-state index in [-0.39, 0.29) is 23.0 Å². The van der Waals surface area contributed by atoms with Crippen molar-refractivity contribution in [2.45, 2.75) is 54.6 Å². The second-order valence-corrected chi connectivity index (χ2v) is 12.7. The average molecular weight is 726 g/mol. The third-order valence-electron chi connectivity index (χ3n) is 7.21. The van der Waals surface area contributed by atoms with Crippen LogP contribution in [-0.2, 0) is 13.1 Å². The van der Waals surface area contributed by atoms with Crippen molar-refractivity contribution in [2.24, 2.45) is 0 Å². The highest BCUT2D eigenvalue weighted by atomic mass is 79.9. The lowest BCUT2D eigenvalue weighted by Gasteiger charge is -2.12. The van der Waals surface area contributed by atoms with Crippen molar-refractivity contribution in [1.29, 1.82) is 0 Å². The van der Waals surface area contributed by atoms with Gasteiger partial charge in [-0.25, -0.2) is 9.97 Å². The highest BCUT2D eigenvalue weighted by Crippen LogP contribution is 2.27. The first-order chi connectivity index (χ1) is 21.8. The number of hydrogen-bond donors (Lipinski definition) is 4. The SMILES string of the molecule is CCn1c(=O)c(-c2cscc2C)cc2c(C)nc(N)nc21.CCn1c(=O)c(Br)cc2c(C)nc(N)nc21.Cc1cscc1B(O)O. The first kappa shape index (κ1) is 34.9. The maximum Gasteiger partial charge on any atom is 0.489 e. The number of nitrogens with zero attached hydrogens (tertiary/aromatic N) is 6. The van der Waals surface area contributed by atoms with Gasteiger partial charge in [0.1, 0.15) is 11.3 Å². The van der Waals surface area contributed by atoms with Gasteiger partial charge in [0, 0.05) is 35.0 Å². The first-order valence-corrected chi connectivity index (χ1v) is 16.9. The van der Waals surface area contributed by atoms with Crippen LogP contribution in [0.4, 0.5) is 11.9 Å². The Balaban J connectivity index is 0.000000170. The summed E-state index contributed by atoms with van der Waals surface area (Å²) in [6.07, 6.45) is 0. The lowest BCUT2D eigenvalue weighted by molar-refractivity contribution is 0.425. The Bertz CT molecular complexity index is 2160. The Labute approximate surface area is 281 Å². The Hall–Kier alpha value is -3.96. The van der Waals surface area contributed by atoms with Gasteiger partial charge in [0.05, 0.1) is 15.9 Å². The van der Waals surface area contributed by atoms with Gasteiger partial charge in [-0.05, 0) is 108 Å². The van der Waals surface area contributed by atoms with Crippen molar-refractivity contribution < 1.29 is 10.0 Å². The summed E-state index contributed by atoms with van der Waals surface area (Å²) in [6.45, 7) is 12.5. The molecule has 0 fully saturated rings. The van der Waals surface area contributed by atoms with Crippen molar-refractivity contribution in [3.05, 3.63) is 81.3 Å². The minimum absolute atomic E-state index is 0.0380. The lowest BCUT2D eigenvalue weighted by Crippen LogP contribution is -2.30. The van der Waals surface area contributed by atoms with Crippen molar-refractivity contribution in [3.8, 4) is 11.1 Å². The summed E-state index contributed by atoms with van der Waals surface area (Å²) in [6, 6.07) is 3.62. The average Bonchev–Trinajstić information content (AvgIpc) is 3.62. The third kappa shape index (κ3) is 7.21. The number of rotatable bonds is 4. The smallest absolute Gasteiger partial charge is 0.423 e. The number of hydrogen-bond acceptors (Lipinski definition) is 12. The number of anilines is 2. The van der Waals surface area contributed by atoms with Gasteiger partial charge in [0.25, 0.3) is 11.1 Å². The zero-order chi connectivity index (χ0) is 33.9. The molecule has 6 N–H and O–H groups in total. The minimum atomic E-state index is -1.31. The van der Waals surface area contributed by atoms with Crippen LogP contribution in [0.5, 0.6) is 0 Å². The number of halogens is 1. The zero-order valence-electron chi connectivity index (χ0n) is 26.2. The van der Waals surface area contributed by atoms with Gasteiger partial charge in [0.15, 0.2) is 0 Å². The van der Waals surface area contributed by atoms with E-state index in [0.717, 1.165) is 38.9 Å². The topological polar surface area (TPSA) is 188 Å². The Kier molecular flexibility index (Phi) is 11.1. The van der Waals surface area contributed by atoms with E-state index >= 15 is 0 Å². The van der Waals surface area contributed by atoms with Gasteiger partial charge in [-0.2, -0.15) is 32.6 Å². The molecule has 0 aliphatic carbocycles. The maximum atomic E-state index is 12.8. The van der Waals surface area contributed by atoms with Crippen LogP contribution < -0.4 is 28.0 Å². The molecule has 6 aromatic rings. The molecular weight excluding hydrogens is 691 g/mol. The second-order valence-electron chi connectivity index (χ2n) is 10.3. The molecule has 16 heteroatoms. The lowest BCUT2D eigenvalue weighted by atomic mass is 9.80. The van der Waals surface area contributed by atoms with E-state index in [1.807, 2.05) is 63.7 Å². The number of fused-ring (bicyclic) bond motifs is 2. The van der Waals surface area contributed by atoms with Gasteiger partial charge < -0.3 is 21.5 Å². The highest BCUT2D eigenvalue weighted by molar-refractivity contribution is 9.10. The fraction of sp³-hybridized carbons (Fsp3) is 0.267. The molecule has 12 nitrogen and oxygen atoms in total. The van der Waals surface area contributed by atoms with Crippen LogP contribution in [0, 0.1) is 27.7 Å². The molecule has 0 saturated carbocycles. The number of nitrogen functional groups attached to an aromatic ring is 2. The Morgan fingerprint density at radius 3 is 1.67 bits per heavy atom. The van der Waals surface area contributed by atoms with Gasteiger partial charge in [0.2, 0.25) is 11.9 Å². The number of nitrogens with two attached hydrogens (primary N) is 2. The quantitative estimate of drug-likeness (QED) is 0.194. The molecule has 46 heavy (non-hydrogen) atoms. The third-order valence-corrected chi connectivity index (χ3v) is 9.52. The predicted molar refractivity (Wildman–Crippen MR) is 192 cm³/mol. The molecule has 0 atom stereocenters. The van der Waals surface area contributed by atoms with Crippen LogP contribution in [0.1, 0.15) is 36.4 Å². The van der Waals surface area contributed by atoms with Crippen LogP contribution in [0.2, 0.25) is 0 Å². The normalized spacial score (nSPS) is 10.8. The zero-order valence-corrected chi connectivity index (χ0v) is 29.4. The minimum Gasteiger partial charge on any atom is -0.423 e. The maximum absolute atomic E-state index is 12.8. The first-order valence-electron chi connectivity index (χ1n) is 14.2. The van der Waals surface area contributed by atoms with Crippen LogP contribution in [0.3, 0.4) is 0 Å². The fourth-order valence-corrected chi connectivity index (χ4v) is 6.99. The van der Waals surface area contributed by atoms with Crippen molar-refractivity contribution >= 4 is 85.1 Å². The molecule has 0 aliphatic heterocycles. The van der Waals surface area contributed by atoms with Gasteiger partial charge in [-0.15, -0.1) is 0 Å². The molecule has 6 heterocycles. The molecule has 6 rings (SSSR count). The Morgan fingerprint density at radius 1 is 0.739 bits per heavy atom. The molecule has 0 unspecified atom stereocenters. The van der Waals surface area contributed by atoms with Crippen LogP contribution in [0.25, 0.3) is 33.2 Å². The summed E-state index contributed by atoms with van der Waals surface area (Å²) in [5.74, 6) is 0.384. The summed E-state index contributed by atoms with van der Waals surface area (Å²) in [7, 11) is -1.31. The fourth-order valence-electron chi connectivity index (χ4n) is 4.84. The highest BCUT2D eigenvalue weighted by Gasteiger charge is 2.16. The molecule has 240 valence electrons. The Morgan fingerprint density at radius 2 is 1.24 bits per heavy atom.